The van der Waals surface area contributed by atoms with E-state index in [0.717, 1.165) is 75.9 Å². The first kappa shape index (κ1) is 38.2. The lowest BCUT2D eigenvalue weighted by molar-refractivity contribution is -0.135. The highest BCUT2D eigenvalue weighted by atomic mass is 16.5. The molecule has 0 radical (unpaired) electrons. The maximum absolute atomic E-state index is 13.7. The average Bonchev–Trinajstić information content (AvgIpc) is 4.02. The van der Waals surface area contributed by atoms with Crippen LogP contribution < -0.4 is 10.6 Å². The Morgan fingerprint density at radius 1 is 1.07 bits per heavy atom. The molecule has 294 valence electrons. The summed E-state index contributed by atoms with van der Waals surface area (Å²) in [6.45, 7) is 10.6. The number of hydrogen-bond donors (Lipinski definition) is 4. The van der Waals surface area contributed by atoms with E-state index in [9.17, 15) is 19.2 Å². The van der Waals surface area contributed by atoms with Crippen LogP contribution in [0.5, 0.6) is 0 Å². The van der Waals surface area contributed by atoms with Crippen molar-refractivity contribution >= 4 is 45.8 Å². The number of likely N-dealkylation sites (tertiary alicyclic amines) is 1. The van der Waals surface area contributed by atoms with Crippen LogP contribution >= 0.6 is 0 Å². The molecular formula is C41H48N8O7. The second kappa shape index (κ2) is 15.9. The van der Waals surface area contributed by atoms with Crippen LogP contribution in [0.2, 0.25) is 0 Å². The molecule has 7 rings (SSSR count). The largest absolute Gasteiger partial charge is 0.454 e. The molecule has 1 saturated heterocycles. The molecule has 3 aromatic heterocycles. The van der Waals surface area contributed by atoms with Crippen LogP contribution in [0, 0.1) is 5.92 Å². The van der Waals surface area contributed by atoms with E-state index in [0.29, 0.717) is 36.8 Å². The normalized spacial score (nSPS) is 16.0. The number of nitrogens with one attached hydrogen (secondary N) is 4. The van der Waals surface area contributed by atoms with E-state index in [2.05, 4.69) is 50.1 Å². The summed E-state index contributed by atoms with van der Waals surface area (Å²) in [6, 6.07) is 10.8. The number of carbonyl (C=O) groups excluding carboxylic acids is 4. The van der Waals surface area contributed by atoms with Gasteiger partial charge in [-0.2, -0.15) is 0 Å². The van der Waals surface area contributed by atoms with E-state index >= 15 is 0 Å². The van der Waals surface area contributed by atoms with Crippen LogP contribution in [0.1, 0.15) is 75.0 Å². The summed E-state index contributed by atoms with van der Waals surface area (Å²) in [7, 11) is 2.54. The van der Waals surface area contributed by atoms with Crippen molar-refractivity contribution < 1.29 is 33.1 Å². The molecule has 1 aliphatic heterocycles. The molecule has 1 fully saturated rings. The molecule has 2 aliphatic rings. The second-order valence-corrected chi connectivity index (χ2v) is 14.6. The highest BCUT2D eigenvalue weighted by Gasteiger charge is 2.38. The van der Waals surface area contributed by atoms with Gasteiger partial charge in [-0.1, -0.05) is 45.0 Å². The van der Waals surface area contributed by atoms with E-state index in [1.54, 1.807) is 11.0 Å². The van der Waals surface area contributed by atoms with Crippen LogP contribution in [-0.4, -0.2) is 93.6 Å². The first-order chi connectivity index (χ1) is 27.0. The van der Waals surface area contributed by atoms with Crippen LogP contribution in [-0.2, 0) is 31.9 Å². The third kappa shape index (κ3) is 7.20. The second-order valence-electron chi connectivity index (χ2n) is 14.6. The van der Waals surface area contributed by atoms with E-state index in [-0.39, 0.29) is 30.3 Å². The summed E-state index contributed by atoms with van der Waals surface area (Å²) in [4.78, 5) is 70.9. The molecule has 0 saturated carbocycles. The van der Waals surface area contributed by atoms with Gasteiger partial charge in [-0.3, -0.25) is 9.59 Å². The maximum atomic E-state index is 13.7. The Morgan fingerprint density at radius 2 is 1.88 bits per heavy atom. The fourth-order valence-corrected chi connectivity index (χ4v) is 7.85. The zero-order chi connectivity index (χ0) is 39.7. The first-order valence-corrected chi connectivity index (χ1v) is 19.1. The van der Waals surface area contributed by atoms with Gasteiger partial charge in [0.15, 0.2) is 5.76 Å². The van der Waals surface area contributed by atoms with Crippen LogP contribution in [0.25, 0.3) is 44.6 Å². The molecule has 56 heavy (non-hydrogen) atoms. The van der Waals surface area contributed by atoms with E-state index in [1.165, 1.54) is 14.2 Å². The molecule has 1 aliphatic carbocycles. The van der Waals surface area contributed by atoms with E-state index in [1.807, 2.05) is 43.9 Å². The molecule has 2 unspecified atom stereocenters. The number of aryl methyl sites for hydroxylation is 2. The molecule has 4 N–H and O–H groups in total. The summed E-state index contributed by atoms with van der Waals surface area (Å²) in [6.07, 6.45) is 4.15. The van der Waals surface area contributed by atoms with Gasteiger partial charge in [0.1, 0.15) is 41.7 Å². The zero-order valence-corrected chi connectivity index (χ0v) is 32.4. The first-order valence-electron chi connectivity index (χ1n) is 19.1. The Kier molecular flexibility index (Phi) is 10.9. The predicted molar refractivity (Wildman–Crippen MR) is 209 cm³/mol. The van der Waals surface area contributed by atoms with Crippen molar-refractivity contribution in [2.45, 2.75) is 71.0 Å². The van der Waals surface area contributed by atoms with Crippen molar-refractivity contribution in [2.24, 2.45) is 5.92 Å². The van der Waals surface area contributed by atoms with Crippen molar-refractivity contribution in [2.75, 3.05) is 33.9 Å². The number of fused-ring (bicyclic) bond motifs is 6. The Morgan fingerprint density at radius 3 is 2.61 bits per heavy atom. The molecule has 15 heteroatoms. The number of amides is 4. The molecule has 4 amide bonds. The Labute approximate surface area is 324 Å². The highest BCUT2D eigenvalue weighted by Crippen LogP contribution is 2.40. The summed E-state index contributed by atoms with van der Waals surface area (Å²) >= 11 is 0. The van der Waals surface area contributed by atoms with Crippen molar-refractivity contribution in [3.63, 3.8) is 0 Å². The smallest absolute Gasteiger partial charge is 0.407 e. The molecule has 5 aromatic rings. The number of benzene rings is 2. The highest BCUT2D eigenvalue weighted by molar-refractivity contribution is 6.05. The molecule has 4 heterocycles. The fraction of sp³-hybridized carbons (Fsp3) is 0.415. The van der Waals surface area contributed by atoms with Gasteiger partial charge in [-0.05, 0) is 61.6 Å². The lowest BCUT2D eigenvalue weighted by Crippen LogP contribution is -2.51. The molecule has 2 aromatic carbocycles. The average molecular weight is 765 g/mol. The number of hydrogen-bond acceptors (Lipinski definition) is 9. The Balaban J connectivity index is 1.14. The molecular weight excluding hydrogens is 716 g/mol. The maximum Gasteiger partial charge on any atom is 0.407 e. The summed E-state index contributed by atoms with van der Waals surface area (Å²) in [5.74, 6) is 2.15. The number of aromatic amines is 2. The quantitative estimate of drug-likeness (QED) is 0.105. The predicted octanol–water partition coefficient (Wildman–Crippen LogP) is 6.33. The minimum atomic E-state index is -0.709. The Bertz CT molecular complexity index is 2300. The number of nitrogens with zero attached hydrogens (tertiary/aromatic N) is 4. The number of carbonyl (C=O) groups is 4. The number of ether oxygens (including phenoxy) is 2. The third-order valence-electron chi connectivity index (χ3n) is 10.7. The SMILES string of the molecule is C=CC(c1nc2c([nH]1)CCc1cc(-c3ccc4c(ccc5[nH]c(C6CCCN6C(=O)[C@@H](NC(=O)OC)C(C)C)nc54)c3)oc1-2)N(CCC)C(=O)CNC(=O)OC. The van der Waals surface area contributed by atoms with Crippen molar-refractivity contribution in [1.29, 1.82) is 0 Å². The molecule has 15 nitrogen and oxygen atoms in total. The van der Waals surface area contributed by atoms with Gasteiger partial charge in [0.2, 0.25) is 11.8 Å². The number of aromatic nitrogens is 4. The van der Waals surface area contributed by atoms with Gasteiger partial charge in [-0.25, -0.2) is 19.6 Å². The van der Waals surface area contributed by atoms with Crippen LogP contribution in [0.3, 0.4) is 0 Å². The fourth-order valence-electron chi connectivity index (χ4n) is 7.85. The summed E-state index contributed by atoms with van der Waals surface area (Å²) in [5, 5.41) is 7.13. The standard InChI is InChI=1S/C41H48N8O7/c1-7-17-48(32(50)21-42-40(52)54-5)29(8-2)37-44-28-16-13-25-20-31(56-36(25)35(28)46-37)24-11-14-26-23(19-24)12-15-27-34(26)45-38(43-27)30-10-9-18-49(30)39(51)33(22(3)4)47-41(53)55-6/h8,11-12,14-15,19-20,22,29-30,33H,2,7,9-10,13,16-18,21H2,1,3-6H3,(H,42,52)(H,43,45)(H,44,46)(H,47,53)/t29?,30?,33-/m0/s1. The zero-order valence-electron chi connectivity index (χ0n) is 32.4. The van der Waals surface area contributed by atoms with Crippen LogP contribution in [0.15, 0.2) is 53.5 Å². The van der Waals surface area contributed by atoms with Crippen LogP contribution in [0.4, 0.5) is 9.59 Å². The minimum absolute atomic E-state index is 0.123. The van der Waals surface area contributed by atoms with Crippen molar-refractivity contribution in [3.8, 4) is 22.8 Å². The van der Waals surface area contributed by atoms with Gasteiger partial charge < -0.3 is 44.3 Å². The van der Waals surface area contributed by atoms with Gasteiger partial charge in [0.05, 0.1) is 31.3 Å². The van der Waals surface area contributed by atoms with Crippen molar-refractivity contribution in [3.05, 3.63) is 72.0 Å². The molecule has 3 atom stereocenters. The number of imidazole rings is 2. The number of rotatable bonds is 12. The van der Waals surface area contributed by atoms with Gasteiger partial charge >= 0.3 is 12.2 Å². The Hall–Kier alpha value is -6.12. The van der Waals surface area contributed by atoms with Gasteiger partial charge in [0, 0.05) is 35.3 Å². The third-order valence-corrected chi connectivity index (χ3v) is 10.7. The van der Waals surface area contributed by atoms with E-state index in [4.69, 9.17) is 19.1 Å². The molecule has 0 spiro atoms. The number of methoxy groups -OCH3 is 2. The van der Waals surface area contributed by atoms with E-state index < -0.39 is 24.3 Å². The lowest BCUT2D eigenvalue weighted by atomic mass is 9.98. The number of alkyl carbamates (subject to hydrolysis) is 2. The topological polar surface area (TPSA) is 188 Å². The summed E-state index contributed by atoms with van der Waals surface area (Å²) in [5.41, 5.74) is 5.29. The molecule has 0 bridgehead atoms. The summed E-state index contributed by atoms with van der Waals surface area (Å²) < 4.78 is 15.9. The monoisotopic (exact) mass is 764 g/mol. The number of H-pyrrole nitrogens is 2. The lowest BCUT2D eigenvalue weighted by Gasteiger charge is -2.29. The van der Waals surface area contributed by atoms with Crippen molar-refractivity contribution in [1.82, 2.24) is 40.4 Å². The number of furan rings is 1. The van der Waals surface area contributed by atoms with Gasteiger partial charge in [-0.15, -0.1) is 6.58 Å². The van der Waals surface area contributed by atoms with Gasteiger partial charge in [0.25, 0.3) is 0 Å². The minimum Gasteiger partial charge on any atom is -0.454 e.